The molecule has 106 valence electrons. The SMILES string of the molecule is COC(=O)CSc1nc(-c2ccccc2)c(C#N)c(=O)[nH]1. The maximum Gasteiger partial charge on any atom is 0.316 e. The van der Waals surface area contributed by atoms with Gasteiger partial charge in [-0.25, -0.2) is 4.98 Å². The molecule has 1 heterocycles. The number of nitriles is 1. The van der Waals surface area contributed by atoms with E-state index in [2.05, 4.69) is 14.7 Å². The van der Waals surface area contributed by atoms with E-state index >= 15 is 0 Å². The minimum atomic E-state index is -0.529. The van der Waals surface area contributed by atoms with Crippen LogP contribution < -0.4 is 5.56 Å². The highest BCUT2D eigenvalue weighted by Gasteiger charge is 2.14. The van der Waals surface area contributed by atoms with Crippen molar-refractivity contribution in [2.45, 2.75) is 5.16 Å². The molecular formula is C14H11N3O3S. The number of hydrogen-bond acceptors (Lipinski definition) is 6. The average molecular weight is 301 g/mol. The predicted octanol–water partition coefficient (Wildman–Crippen LogP) is 1.57. The van der Waals surface area contributed by atoms with Gasteiger partial charge in [0.1, 0.15) is 11.6 Å². The van der Waals surface area contributed by atoms with Gasteiger partial charge < -0.3 is 9.72 Å². The van der Waals surface area contributed by atoms with E-state index in [9.17, 15) is 9.59 Å². The number of carbonyl (C=O) groups excluding carboxylic acids is 1. The maximum atomic E-state index is 11.9. The lowest BCUT2D eigenvalue weighted by molar-refractivity contribution is -0.137. The molecular weight excluding hydrogens is 290 g/mol. The normalized spacial score (nSPS) is 9.90. The summed E-state index contributed by atoms with van der Waals surface area (Å²) in [5, 5.41) is 9.38. The Kier molecular flexibility index (Phi) is 4.74. The lowest BCUT2D eigenvalue weighted by Gasteiger charge is -2.05. The summed E-state index contributed by atoms with van der Waals surface area (Å²) in [4.78, 5) is 29.8. The van der Waals surface area contributed by atoms with E-state index in [1.54, 1.807) is 24.3 Å². The smallest absolute Gasteiger partial charge is 0.316 e. The zero-order chi connectivity index (χ0) is 15.2. The Morgan fingerprint density at radius 2 is 2.14 bits per heavy atom. The van der Waals surface area contributed by atoms with E-state index in [0.717, 1.165) is 11.8 Å². The van der Waals surface area contributed by atoms with Gasteiger partial charge in [0.25, 0.3) is 5.56 Å². The Bertz CT molecular complexity index is 750. The molecule has 1 aromatic carbocycles. The number of rotatable bonds is 4. The molecule has 0 atom stereocenters. The molecule has 2 aromatic rings. The first-order valence-corrected chi connectivity index (χ1v) is 6.93. The number of methoxy groups -OCH3 is 1. The van der Waals surface area contributed by atoms with Gasteiger partial charge in [-0.15, -0.1) is 0 Å². The second-order valence-corrected chi connectivity index (χ2v) is 4.90. The number of aromatic amines is 1. The molecule has 0 radical (unpaired) electrons. The van der Waals surface area contributed by atoms with Crippen molar-refractivity contribution in [3.05, 3.63) is 46.2 Å². The van der Waals surface area contributed by atoms with Crippen molar-refractivity contribution in [1.29, 1.82) is 5.26 Å². The quantitative estimate of drug-likeness (QED) is 0.523. The van der Waals surface area contributed by atoms with Crippen LogP contribution in [0, 0.1) is 11.3 Å². The molecule has 0 saturated carbocycles. The van der Waals surface area contributed by atoms with Crippen LogP contribution in [0.3, 0.4) is 0 Å². The van der Waals surface area contributed by atoms with Crippen molar-refractivity contribution in [1.82, 2.24) is 9.97 Å². The number of carbonyl (C=O) groups is 1. The van der Waals surface area contributed by atoms with Crippen LogP contribution in [0.2, 0.25) is 0 Å². The van der Waals surface area contributed by atoms with E-state index < -0.39 is 11.5 Å². The fourth-order valence-corrected chi connectivity index (χ4v) is 2.31. The number of thioether (sulfide) groups is 1. The van der Waals surface area contributed by atoms with Crippen LogP contribution in [-0.4, -0.2) is 28.8 Å². The van der Waals surface area contributed by atoms with Crippen LogP contribution in [0.15, 0.2) is 40.3 Å². The largest absolute Gasteiger partial charge is 0.468 e. The first-order valence-electron chi connectivity index (χ1n) is 5.95. The fraction of sp³-hybridized carbons (Fsp3) is 0.143. The number of H-pyrrole nitrogens is 1. The average Bonchev–Trinajstić information content (AvgIpc) is 2.52. The van der Waals surface area contributed by atoms with Gasteiger partial charge in [0, 0.05) is 5.56 Å². The summed E-state index contributed by atoms with van der Waals surface area (Å²) >= 11 is 1.04. The zero-order valence-electron chi connectivity index (χ0n) is 11.1. The van der Waals surface area contributed by atoms with Crippen molar-refractivity contribution in [3.63, 3.8) is 0 Å². The van der Waals surface area contributed by atoms with Gasteiger partial charge in [-0.05, 0) is 0 Å². The molecule has 0 aliphatic heterocycles. The number of benzene rings is 1. The Hall–Kier alpha value is -2.59. The van der Waals surface area contributed by atoms with Crippen LogP contribution >= 0.6 is 11.8 Å². The molecule has 0 aliphatic carbocycles. The summed E-state index contributed by atoms with van der Waals surface area (Å²) in [5.74, 6) is -0.396. The van der Waals surface area contributed by atoms with Crippen molar-refractivity contribution < 1.29 is 9.53 Å². The summed E-state index contributed by atoms with van der Waals surface area (Å²) in [6.07, 6.45) is 0. The highest BCUT2D eigenvalue weighted by Crippen LogP contribution is 2.21. The third-order valence-corrected chi connectivity index (χ3v) is 3.46. The van der Waals surface area contributed by atoms with Crippen LogP contribution in [-0.2, 0) is 9.53 Å². The lowest BCUT2D eigenvalue weighted by Crippen LogP contribution is -2.15. The van der Waals surface area contributed by atoms with Crippen molar-refractivity contribution in [2.75, 3.05) is 12.9 Å². The van der Waals surface area contributed by atoms with Gasteiger partial charge in [0.05, 0.1) is 18.6 Å². The third-order valence-electron chi connectivity index (χ3n) is 2.61. The van der Waals surface area contributed by atoms with Crippen LogP contribution in [0.1, 0.15) is 5.56 Å². The Labute approximate surface area is 124 Å². The van der Waals surface area contributed by atoms with E-state index in [0.29, 0.717) is 11.3 Å². The number of nitrogens with zero attached hydrogens (tertiary/aromatic N) is 2. The number of aromatic nitrogens is 2. The van der Waals surface area contributed by atoms with Crippen LogP contribution in [0.25, 0.3) is 11.3 Å². The molecule has 0 saturated heterocycles. The van der Waals surface area contributed by atoms with Crippen molar-refractivity contribution >= 4 is 17.7 Å². The second kappa shape index (κ2) is 6.72. The minimum absolute atomic E-state index is 0.0274. The summed E-state index contributed by atoms with van der Waals surface area (Å²) in [5.41, 5.74) is 0.386. The first-order chi connectivity index (χ1) is 10.2. The van der Waals surface area contributed by atoms with E-state index in [1.807, 2.05) is 12.1 Å². The Morgan fingerprint density at radius 3 is 2.76 bits per heavy atom. The monoisotopic (exact) mass is 301 g/mol. The zero-order valence-corrected chi connectivity index (χ0v) is 11.9. The highest BCUT2D eigenvalue weighted by atomic mass is 32.2. The van der Waals surface area contributed by atoms with Gasteiger partial charge >= 0.3 is 5.97 Å². The van der Waals surface area contributed by atoms with Crippen LogP contribution in [0.5, 0.6) is 0 Å². The summed E-state index contributed by atoms with van der Waals surface area (Å²) < 4.78 is 4.53. The number of nitrogens with one attached hydrogen (secondary N) is 1. The maximum absolute atomic E-state index is 11.9. The van der Waals surface area contributed by atoms with Crippen LogP contribution in [0.4, 0.5) is 0 Å². The van der Waals surface area contributed by atoms with Gasteiger partial charge in [-0.3, -0.25) is 9.59 Å². The van der Waals surface area contributed by atoms with Gasteiger partial charge in [-0.1, -0.05) is 42.1 Å². The first kappa shape index (κ1) is 14.8. The number of esters is 1. The summed E-state index contributed by atoms with van der Waals surface area (Å²) in [7, 11) is 1.28. The summed E-state index contributed by atoms with van der Waals surface area (Å²) in [6.45, 7) is 0. The molecule has 0 unspecified atom stereocenters. The Morgan fingerprint density at radius 1 is 1.43 bits per heavy atom. The molecule has 2 rings (SSSR count). The van der Waals surface area contributed by atoms with Gasteiger partial charge in [-0.2, -0.15) is 5.26 Å². The van der Waals surface area contributed by atoms with E-state index in [4.69, 9.17) is 5.26 Å². The van der Waals surface area contributed by atoms with Crippen molar-refractivity contribution in [3.8, 4) is 17.3 Å². The molecule has 6 nitrogen and oxygen atoms in total. The lowest BCUT2D eigenvalue weighted by atomic mass is 10.1. The number of ether oxygens (including phenoxy) is 1. The van der Waals surface area contributed by atoms with E-state index in [1.165, 1.54) is 7.11 Å². The molecule has 0 bridgehead atoms. The van der Waals surface area contributed by atoms with Crippen molar-refractivity contribution in [2.24, 2.45) is 0 Å². The topological polar surface area (TPSA) is 95.8 Å². The fourth-order valence-electron chi connectivity index (χ4n) is 1.62. The number of hydrogen-bond donors (Lipinski definition) is 1. The molecule has 0 spiro atoms. The van der Waals surface area contributed by atoms with E-state index in [-0.39, 0.29) is 16.5 Å². The van der Waals surface area contributed by atoms with Gasteiger partial charge in [0.2, 0.25) is 0 Å². The molecule has 0 amide bonds. The summed E-state index contributed by atoms with van der Waals surface area (Å²) in [6, 6.07) is 10.8. The van der Waals surface area contributed by atoms with Gasteiger partial charge in [0.15, 0.2) is 5.16 Å². The molecule has 21 heavy (non-hydrogen) atoms. The predicted molar refractivity (Wildman–Crippen MR) is 77.7 cm³/mol. The molecule has 0 fully saturated rings. The molecule has 1 N–H and O–H groups in total. The highest BCUT2D eigenvalue weighted by molar-refractivity contribution is 7.99. The minimum Gasteiger partial charge on any atom is -0.468 e. The molecule has 0 aliphatic rings. The standard InChI is InChI=1S/C14H11N3O3S/c1-20-11(18)8-21-14-16-12(9-5-3-2-4-6-9)10(7-15)13(19)17-14/h2-6H,8H2,1H3,(H,16,17,19). The second-order valence-electron chi connectivity index (χ2n) is 3.94. The molecule has 1 aromatic heterocycles. The third kappa shape index (κ3) is 3.49. The Balaban J connectivity index is 2.44. The molecule has 7 heteroatoms.